The van der Waals surface area contributed by atoms with Gasteiger partial charge in [-0.2, -0.15) is 0 Å². The van der Waals surface area contributed by atoms with E-state index in [4.69, 9.17) is 4.74 Å². The van der Waals surface area contributed by atoms with E-state index in [-0.39, 0.29) is 35.2 Å². The van der Waals surface area contributed by atoms with Crippen molar-refractivity contribution in [3.05, 3.63) is 126 Å². The van der Waals surface area contributed by atoms with E-state index in [0.29, 0.717) is 5.75 Å². The first kappa shape index (κ1) is 33.2. The lowest BCUT2D eigenvalue weighted by atomic mass is 10.0. The van der Waals surface area contributed by atoms with E-state index in [2.05, 4.69) is 5.32 Å². The minimum absolute atomic E-state index is 0.0113. The zero-order chi connectivity index (χ0) is 32.6. The molecule has 0 heterocycles. The largest absolute Gasteiger partial charge is 0.497 e. The van der Waals surface area contributed by atoms with E-state index in [1.165, 1.54) is 42.3 Å². The molecule has 0 aliphatic rings. The van der Waals surface area contributed by atoms with Crippen molar-refractivity contribution in [1.29, 1.82) is 0 Å². The molecule has 0 saturated heterocycles. The van der Waals surface area contributed by atoms with Crippen molar-refractivity contribution in [2.24, 2.45) is 0 Å². The van der Waals surface area contributed by atoms with Gasteiger partial charge in [0, 0.05) is 30.6 Å². The molecule has 8 nitrogen and oxygen atoms in total. The number of hydrogen-bond donors (Lipinski definition) is 1. The van der Waals surface area contributed by atoms with Gasteiger partial charge >= 0.3 is 0 Å². The average Bonchev–Trinajstić information content (AvgIpc) is 3.02. The lowest BCUT2D eigenvalue weighted by Gasteiger charge is -2.34. The summed E-state index contributed by atoms with van der Waals surface area (Å²) in [4.78, 5) is 29.4. The zero-order valence-corrected chi connectivity index (χ0v) is 26.6. The Bertz CT molecular complexity index is 1710. The van der Waals surface area contributed by atoms with Crippen LogP contribution in [0.3, 0.4) is 0 Å². The SMILES string of the molecule is COc1cccc(N(CC(=O)N(Cc2ccccc2F)[C@@H](Cc2ccccc2)C(=O)NC(C)C)S(=O)(=O)c2ccc(C)cc2)c1. The maximum atomic E-state index is 15.0. The van der Waals surface area contributed by atoms with Gasteiger partial charge in [-0.25, -0.2) is 12.8 Å². The van der Waals surface area contributed by atoms with Gasteiger partial charge in [-0.1, -0.05) is 72.3 Å². The number of rotatable bonds is 13. The van der Waals surface area contributed by atoms with Crippen molar-refractivity contribution in [3.63, 3.8) is 0 Å². The van der Waals surface area contributed by atoms with Crippen LogP contribution in [0.4, 0.5) is 10.1 Å². The lowest BCUT2D eigenvalue weighted by molar-refractivity contribution is -0.140. The van der Waals surface area contributed by atoms with E-state index >= 15 is 4.39 Å². The third kappa shape index (κ3) is 8.48. The van der Waals surface area contributed by atoms with Crippen LogP contribution < -0.4 is 14.4 Å². The van der Waals surface area contributed by atoms with Gasteiger partial charge in [-0.3, -0.25) is 13.9 Å². The van der Waals surface area contributed by atoms with Gasteiger partial charge in [0.2, 0.25) is 11.8 Å². The number of sulfonamides is 1. The molecule has 0 radical (unpaired) electrons. The molecule has 0 aliphatic carbocycles. The maximum absolute atomic E-state index is 15.0. The number of halogens is 1. The standard InChI is InChI=1S/C35H38FN3O5S/c1-25(2)37-35(41)33(21-27-11-6-5-7-12-27)38(23-28-13-8-9-16-32(28)36)34(40)24-39(29-14-10-15-30(22-29)44-4)45(42,43)31-19-17-26(3)18-20-31/h5-20,22,25,33H,21,23-24H2,1-4H3,(H,37,41)/t33-/m0/s1. The smallest absolute Gasteiger partial charge is 0.264 e. The first-order valence-electron chi connectivity index (χ1n) is 14.6. The first-order chi connectivity index (χ1) is 21.5. The minimum Gasteiger partial charge on any atom is -0.497 e. The Labute approximate surface area is 264 Å². The van der Waals surface area contributed by atoms with Crippen LogP contribution in [0.15, 0.2) is 108 Å². The number of ether oxygens (including phenoxy) is 1. The van der Waals surface area contributed by atoms with Crippen LogP contribution in [0, 0.1) is 12.7 Å². The highest BCUT2D eigenvalue weighted by Gasteiger charge is 2.35. The molecule has 0 aliphatic heterocycles. The Morgan fingerprint density at radius 3 is 2.20 bits per heavy atom. The van der Waals surface area contributed by atoms with Gasteiger partial charge in [-0.05, 0) is 56.7 Å². The Hall–Kier alpha value is -4.70. The normalized spacial score (nSPS) is 12.0. The highest BCUT2D eigenvalue weighted by atomic mass is 32.2. The van der Waals surface area contributed by atoms with Crippen molar-refractivity contribution in [2.75, 3.05) is 18.0 Å². The average molecular weight is 632 g/mol. The molecular weight excluding hydrogens is 593 g/mol. The molecule has 1 atom stereocenters. The highest BCUT2D eigenvalue weighted by Crippen LogP contribution is 2.28. The molecule has 0 aromatic heterocycles. The molecule has 0 saturated carbocycles. The van der Waals surface area contributed by atoms with Crippen LogP contribution in [0.1, 0.15) is 30.5 Å². The molecule has 236 valence electrons. The van der Waals surface area contributed by atoms with Crippen molar-refractivity contribution in [2.45, 2.75) is 50.7 Å². The summed E-state index contributed by atoms with van der Waals surface area (Å²) >= 11 is 0. The monoisotopic (exact) mass is 631 g/mol. The molecule has 45 heavy (non-hydrogen) atoms. The zero-order valence-electron chi connectivity index (χ0n) is 25.8. The number of carbonyl (C=O) groups is 2. The molecule has 4 aromatic carbocycles. The third-order valence-corrected chi connectivity index (χ3v) is 9.02. The van der Waals surface area contributed by atoms with Crippen LogP contribution in [0.2, 0.25) is 0 Å². The molecule has 0 spiro atoms. The van der Waals surface area contributed by atoms with Crippen molar-refractivity contribution in [1.82, 2.24) is 10.2 Å². The van der Waals surface area contributed by atoms with E-state index in [1.807, 2.05) is 37.3 Å². The van der Waals surface area contributed by atoms with Crippen molar-refractivity contribution in [3.8, 4) is 5.75 Å². The molecular formula is C35H38FN3O5S. The lowest BCUT2D eigenvalue weighted by Crippen LogP contribution is -2.54. The quantitative estimate of drug-likeness (QED) is 0.210. The third-order valence-electron chi connectivity index (χ3n) is 7.23. The van der Waals surface area contributed by atoms with Gasteiger partial charge in [0.25, 0.3) is 10.0 Å². The predicted molar refractivity (Wildman–Crippen MR) is 173 cm³/mol. The summed E-state index contributed by atoms with van der Waals surface area (Å²) in [5.74, 6) is -1.27. The number of amides is 2. The van der Waals surface area contributed by atoms with E-state index in [0.717, 1.165) is 15.4 Å². The summed E-state index contributed by atoms with van der Waals surface area (Å²) in [6.07, 6.45) is 0.128. The van der Waals surface area contributed by atoms with Gasteiger partial charge in [0.1, 0.15) is 24.2 Å². The number of methoxy groups -OCH3 is 1. The van der Waals surface area contributed by atoms with Crippen LogP contribution in [-0.4, -0.2) is 50.9 Å². The second-order valence-electron chi connectivity index (χ2n) is 11.0. The van der Waals surface area contributed by atoms with Crippen molar-refractivity contribution >= 4 is 27.5 Å². The van der Waals surface area contributed by atoms with Gasteiger partial charge < -0.3 is 15.0 Å². The van der Waals surface area contributed by atoms with Gasteiger partial charge in [0.05, 0.1) is 17.7 Å². The fraction of sp³-hybridized carbons (Fsp3) is 0.257. The minimum atomic E-state index is -4.27. The number of hydrogen-bond acceptors (Lipinski definition) is 5. The topological polar surface area (TPSA) is 96.0 Å². The number of carbonyl (C=O) groups excluding carboxylic acids is 2. The van der Waals surface area contributed by atoms with E-state index in [9.17, 15) is 18.0 Å². The van der Waals surface area contributed by atoms with Crippen LogP contribution in [-0.2, 0) is 32.6 Å². The molecule has 2 amide bonds. The Kier molecular flexibility index (Phi) is 11.0. The summed E-state index contributed by atoms with van der Waals surface area (Å²) in [6.45, 7) is 4.54. The Morgan fingerprint density at radius 2 is 1.56 bits per heavy atom. The summed E-state index contributed by atoms with van der Waals surface area (Å²) in [7, 11) is -2.81. The molecule has 4 rings (SSSR count). The second kappa shape index (κ2) is 14.9. The highest BCUT2D eigenvalue weighted by molar-refractivity contribution is 7.92. The number of nitrogens with zero attached hydrogens (tertiary/aromatic N) is 2. The maximum Gasteiger partial charge on any atom is 0.264 e. The molecule has 10 heteroatoms. The number of nitrogens with one attached hydrogen (secondary N) is 1. The Balaban J connectivity index is 1.83. The first-order valence-corrected chi connectivity index (χ1v) is 16.0. The number of aryl methyl sites for hydroxylation is 1. The van der Waals surface area contributed by atoms with Crippen LogP contribution in [0.5, 0.6) is 5.75 Å². The van der Waals surface area contributed by atoms with Crippen LogP contribution in [0.25, 0.3) is 0 Å². The molecule has 1 N–H and O–H groups in total. The van der Waals surface area contributed by atoms with Crippen LogP contribution >= 0.6 is 0 Å². The van der Waals surface area contributed by atoms with E-state index < -0.39 is 40.2 Å². The van der Waals surface area contributed by atoms with Crippen molar-refractivity contribution < 1.29 is 27.1 Å². The fourth-order valence-electron chi connectivity index (χ4n) is 4.88. The van der Waals surface area contributed by atoms with Gasteiger partial charge in [0.15, 0.2) is 0 Å². The molecule has 0 unspecified atom stereocenters. The van der Waals surface area contributed by atoms with E-state index in [1.54, 1.807) is 56.3 Å². The Morgan fingerprint density at radius 1 is 0.889 bits per heavy atom. The second-order valence-corrected chi connectivity index (χ2v) is 12.9. The number of benzene rings is 4. The summed E-state index contributed by atoms with van der Waals surface area (Å²) in [6, 6.07) is 26.6. The van der Waals surface area contributed by atoms with Gasteiger partial charge in [-0.15, -0.1) is 0 Å². The summed E-state index contributed by atoms with van der Waals surface area (Å²) in [5, 5.41) is 2.89. The molecule has 0 bridgehead atoms. The number of anilines is 1. The summed E-state index contributed by atoms with van der Waals surface area (Å²) in [5.41, 5.74) is 2.04. The molecule has 0 fully saturated rings. The fourth-order valence-corrected chi connectivity index (χ4v) is 6.28. The molecule has 4 aromatic rings. The predicted octanol–water partition coefficient (Wildman–Crippen LogP) is 5.50. The summed E-state index contributed by atoms with van der Waals surface area (Å²) < 4.78 is 49.6.